The summed E-state index contributed by atoms with van der Waals surface area (Å²) in [6.07, 6.45) is 7.50. The van der Waals surface area contributed by atoms with E-state index in [9.17, 15) is 0 Å². The van der Waals surface area contributed by atoms with Gasteiger partial charge in [-0.15, -0.1) is 0 Å². The third kappa shape index (κ3) is 2.11. The molecule has 4 heteroatoms. The first-order valence-electron chi connectivity index (χ1n) is 12.0. The minimum absolute atomic E-state index is 0.894. The fraction of sp³-hybridized carbons (Fsp3) is 0.0645. The van der Waals surface area contributed by atoms with Crippen molar-refractivity contribution < 1.29 is 0 Å². The van der Waals surface area contributed by atoms with Crippen molar-refractivity contribution in [2.45, 2.75) is 12.8 Å². The number of imidazole rings is 1. The molecule has 0 N–H and O–H groups in total. The van der Waals surface area contributed by atoms with Gasteiger partial charge in [-0.05, 0) is 81.6 Å². The minimum Gasteiger partial charge on any atom is -0.276 e. The molecule has 0 radical (unpaired) electrons. The summed E-state index contributed by atoms with van der Waals surface area (Å²) in [5.41, 5.74) is 15.1. The van der Waals surface area contributed by atoms with Crippen molar-refractivity contribution in [1.82, 2.24) is 19.4 Å². The number of rotatable bonds is 0. The van der Waals surface area contributed by atoms with Crippen LogP contribution in [0.2, 0.25) is 0 Å². The second kappa shape index (κ2) is 6.10. The van der Waals surface area contributed by atoms with Crippen molar-refractivity contribution in [1.29, 1.82) is 0 Å². The van der Waals surface area contributed by atoms with Crippen molar-refractivity contribution in [2.75, 3.05) is 0 Å². The van der Waals surface area contributed by atoms with Gasteiger partial charge in [0.2, 0.25) is 0 Å². The van der Waals surface area contributed by atoms with Crippen LogP contribution in [0.5, 0.6) is 0 Å². The molecule has 0 unspecified atom stereocenters. The van der Waals surface area contributed by atoms with E-state index in [-0.39, 0.29) is 0 Å². The smallest absolute Gasteiger partial charge is 0.147 e. The van der Waals surface area contributed by atoms with E-state index in [1.54, 1.807) is 0 Å². The SMILES string of the molecule is c1ccc2c(c1)Cc1ccc3c(c1-2)Cc1c-3ccc2c1c1cccnc1n1c3ccncc3nc21. The molecule has 0 aliphatic heterocycles. The lowest BCUT2D eigenvalue weighted by Gasteiger charge is -2.12. The Morgan fingerprint density at radius 2 is 1.54 bits per heavy atom. The van der Waals surface area contributed by atoms with Gasteiger partial charge in [-0.2, -0.15) is 0 Å². The first kappa shape index (κ1) is 17.8. The van der Waals surface area contributed by atoms with Gasteiger partial charge in [0.05, 0.1) is 11.7 Å². The molecule has 3 aromatic carbocycles. The molecular formula is C31H18N4. The van der Waals surface area contributed by atoms with E-state index in [0.29, 0.717) is 0 Å². The summed E-state index contributed by atoms with van der Waals surface area (Å²) in [4.78, 5) is 14.2. The number of benzene rings is 3. The zero-order chi connectivity index (χ0) is 22.7. The lowest BCUT2D eigenvalue weighted by atomic mass is 9.95. The van der Waals surface area contributed by atoms with Crippen LogP contribution in [0.3, 0.4) is 0 Å². The molecule has 9 rings (SSSR count). The van der Waals surface area contributed by atoms with E-state index in [4.69, 9.17) is 9.97 Å². The van der Waals surface area contributed by atoms with Gasteiger partial charge in [0.15, 0.2) is 0 Å². The molecule has 0 saturated heterocycles. The van der Waals surface area contributed by atoms with Crippen molar-refractivity contribution in [3.63, 3.8) is 0 Å². The van der Waals surface area contributed by atoms with Crippen LogP contribution in [0.1, 0.15) is 22.3 Å². The molecule has 2 aliphatic rings. The summed E-state index contributed by atoms with van der Waals surface area (Å²) in [5, 5.41) is 3.62. The highest BCUT2D eigenvalue weighted by Gasteiger charge is 2.30. The quantitative estimate of drug-likeness (QED) is 0.243. The van der Waals surface area contributed by atoms with Crippen LogP contribution in [0.25, 0.3) is 60.7 Å². The molecule has 4 heterocycles. The van der Waals surface area contributed by atoms with Gasteiger partial charge in [0.1, 0.15) is 16.8 Å². The van der Waals surface area contributed by atoms with Crippen LogP contribution in [0, 0.1) is 0 Å². The monoisotopic (exact) mass is 446 g/mol. The van der Waals surface area contributed by atoms with Crippen LogP contribution >= 0.6 is 0 Å². The average molecular weight is 447 g/mol. The minimum atomic E-state index is 0.894. The van der Waals surface area contributed by atoms with Gasteiger partial charge < -0.3 is 0 Å². The Balaban J connectivity index is 1.42. The largest absolute Gasteiger partial charge is 0.276 e. The molecule has 0 atom stereocenters. The van der Waals surface area contributed by atoms with Gasteiger partial charge in [0, 0.05) is 28.6 Å². The zero-order valence-corrected chi connectivity index (χ0v) is 18.8. The maximum Gasteiger partial charge on any atom is 0.147 e. The fourth-order valence-corrected chi connectivity index (χ4v) is 6.59. The van der Waals surface area contributed by atoms with Gasteiger partial charge in [-0.25, -0.2) is 9.97 Å². The third-order valence-electron chi connectivity index (χ3n) is 7.99. The Labute approximate surface area is 200 Å². The first-order chi connectivity index (χ1) is 17.4. The Hall–Kier alpha value is -4.57. The van der Waals surface area contributed by atoms with Gasteiger partial charge >= 0.3 is 0 Å². The molecule has 162 valence electrons. The Morgan fingerprint density at radius 1 is 0.657 bits per heavy atom. The number of fused-ring (bicyclic) bond motifs is 16. The van der Waals surface area contributed by atoms with E-state index in [0.717, 1.165) is 35.2 Å². The number of nitrogens with zero attached hydrogens (tertiary/aromatic N) is 4. The molecule has 0 amide bonds. The molecule has 2 aliphatic carbocycles. The standard InChI is InChI=1S/C31H18N4/c1-2-5-19-17(4-1)14-18-7-8-20-21-9-10-23-29(25(21)15-24(20)28(18)19)22-6-3-12-33-30(22)35-27-11-13-32-16-26(27)34-31(23)35/h1-13,16H,14-15H2. The van der Waals surface area contributed by atoms with Crippen molar-refractivity contribution in [3.05, 3.63) is 108 Å². The molecular weight excluding hydrogens is 428 g/mol. The normalized spacial score (nSPS) is 13.5. The lowest BCUT2D eigenvalue weighted by molar-refractivity contribution is 1.22. The predicted molar refractivity (Wildman–Crippen MR) is 140 cm³/mol. The number of pyridine rings is 3. The molecule has 35 heavy (non-hydrogen) atoms. The van der Waals surface area contributed by atoms with E-state index in [1.807, 2.05) is 30.7 Å². The number of hydrogen-bond donors (Lipinski definition) is 0. The average Bonchev–Trinajstić information content (AvgIpc) is 3.59. The van der Waals surface area contributed by atoms with Crippen LogP contribution in [0.15, 0.2) is 85.3 Å². The van der Waals surface area contributed by atoms with E-state index in [1.165, 1.54) is 60.7 Å². The summed E-state index contributed by atoms with van der Waals surface area (Å²) in [6, 6.07) is 24.4. The summed E-state index contributed by atoms with van der Waals surface area (Å²) >= 11 is 0. The number of hydrogen-bond acceptors (Lipinski definition) is 3. The van der Waals surface area contributed by atoms with Crippen molar-refractivity contribution in [2.24, 2.45) is 0 Å². The van der Waals surface area contributed by atoms with Crippen molar-refractivity contribution in [3.8, 4) is 22.3 Å². The highest BCUT2D eigenvalue weighted by molar-refractivity contribution is 6.16. The maximum atomic E-state index is 5.02. The number of aromatic nitrogens is 4. The lowest BCUT2D eigenvalue weighted by Crippen LogP contribution is -1.96. The highest BCUT2D eigenvalue weighted by Crippen LogP contribution is 2.50. The van der Waals surface area contributed by atoms with Crippen LogP contribution in [-0.2, 0) is 12.8 Å². The predicted octanol–water partition coefficient (Wildman–Crippen LogP) is 6.73. The van der Waals surface area contributed by atoms with Crippen LogP contribution in [0.4, 0.5) is 0 Å². The maximum absolute atomic E-state index is 5.02. The van der Waals surface area contributed by atoms with Crippen LogP contribution in [-0.4, -0.2) is 19.4 Å². The highest BCUT2D eigenvalue weighted by atomic mass is 15.1. The molecule has 0 saturated carbocycles. The third-order valence-corrected chi connectivity index (χ3v) is 7.99. The summed E-state index contributed by atoms with van der Waals surface area (Å²) in [6.45, 7) is 0. The Kier molecular flexibility index (Phi) is 3.11. The second-order valence-electron chi connectivity index (χ2n) is 9.66. The van der Waals surface area contributed by atoms with Gasteiger partial charge in [-0.3, -0.25) is 9.38 Å². The van der Waals surface area contributed by atoms with Gasteiger partial charge in [-0.1, -0.05) is 42.5 Å². The van der Waals surface area contributed by atoms with E-state index >= 15 is 0 Å². The molecule has 7 aromatic rings. The molecule has 0 spiro atoms. The molecule has 4 aromatic heterocycles. The van der Waals surface area contributed by atoms with Crippen LogP contribution < -0.4 is 0 Å². The van der Waals surface area contributed by atoms with E-state index < -0.39 is 0 Å². The van der Waals surface area contributed by atoms with Crippen molar-refractivity contribution >= 4 is 38.5 Å². The first-order valence-corrected chi connectivity index (χ1v) is 12.0. The Bertz CT molecular complexity index is 2070. The van der Waals surface area contributed by atoms with E-state index in [2.05, 4.69) is 64.0 Å². The summed E-state index contributed by atoms with van der Waals surface area (Å²) in [5.74, 6) is 0. The summed E-state index contributed by atoms with van der Waals surface area (Å²) < 4.78 is 2.19. The Morgan fingerprint density at radius 3 is 2.54 bits per heavy atom. The topological polar surface area (TPSA) is 43.1 Å². The molecule has 0 bridgehead atoms. The molecule has 4 nitrogen and oxygen atoms in total. The second-order valence-corrected chi connectivity index (χ2v) is 9.66. The molecule has 0 fully saturated rings. The van der Waals surface area contributed by atoms with Gasteiger partial charge in [0.25, 0.3) is 0 Å². The summed E-state index contributed by atoms with van der Waals surface area (Å²) in [7, 11) is 0. The fourth-order valence-electron chi connectivity index (χ4n) is 6.59. The zero-order valence-electron chi connectivity index (χ0n) is 18.8.